The van der Waals surface area contributed by atoms with E-state index in [0.29, 0.717) is 29.6 Å². The summed E-state index contributed by atoms with van der Waals surface area (Å²) in [6, 6.07) is 0. The molecular formula is C21H42NO3+. The van der Waals surface area contributed by atoms with Gasteiger partial charge in [-0.2, -0.15) is 0 Å². The van der Waals surface area contributed by atoms with Crippen LogP contribution in [-0.2, 0) is 4.79 Å². The van der Waals surface area contributed by atoms with Gasteiger partial charge in [-0.3, -0.25) is 9.28 Å². The van der Waals surface area contributed by atoms with Crippen LogP contribution in [0.1, 0.15) is 91.9 Å². The van der Waals surface area contributed by atoms with Crippen molar-refractivity contribution in [2.45, 2.75) is 91.9 Å². The van der Waals surface area contributed by atoms with Crippen LogP contribution in [0.25, 0.3) is 0 Å². The molecule has 0 radical (unpaired) electrons. The lowest BCUT2D eigenvalue weighted by Crippen LogP contribution is -2.49. The summed E-state index contributed by atoms with van der Waals surface area (Å²) in [6.45, 7) is 10.9. The lowest BCUT2D eigenvalue weighted by atomic mass is 10.0. The molecular weight excluding hydrogens is 314 g/mol. The minimum atomic E-state index is -0.714. The standard InChI is InChI=1S/C21H41NO3/c1-5-9-12-13-14-20(23)18-22(15-10-6-2,16-11-7-3)17-19(8-4)21(24)25/h18-19H,5-17H2,1-4H3,(H-,23,24,25)/p+1/b20-18-. The van der Waals surface area contributed by atoms with E-state index >= 15 is 0 Å². The molecule has 0 rings (SSSR count). The molecule has 0 heterocycles. The Kier molecular flexibility index (Phi) is 13.6. The number of carboxylic acids is 1. The summed E-state index contributed by atoms with van der Waals surface area (Å²) in [5.74, 6) is -0.616. The van der Waals surface area contributed by atoms with Crippen molar-refractivity contribution in [3.63, 3.8) is 0 Å². The van der Waals surface area contributed by atoms with Gasteiger partial charge in [-0.25, -0.2) is 0 Å². The normalized spacial score (nSPS) is 13.8. The number of unbranched alkanes of at least 4 members (excludes halogenated alkanes) is 5. The van der Waals surface area contributed by atoms with Crippen molar-refractivity contribution in [3.05, 3.63) is 12.0 Å². The zero-order valence-electron chi connectivity index (χ0n) is 17.1. The van der Waals surface area contributed by atoms with E-state index in [1.165, 1.54) is 12.8 Å². The molecule has 0 aliphatic carbocycles. The van der Waals surface area contributed by atoms with Gasteiger partial charge in [-0.05, 0) is 25.7 Å². The molecule has 4 nitrogen and oxygen atoms in total. The third kappa shape index (κ3) is 10.5. The van der Waals surface area contributed by atoms with Gasteiger partial charge >= 0.3 is 5.97 Å². The molecule has 0 saturated heterocycles. The van der Waals surface area contributed by atoms with Gasteiger partial charge in [0, 0.05) is 6.42 Å². The lowest BCUT2D eigenvalue weighted by Gasteiger charge is -2.37. The number of hydrogen-bond acceptors (Lipinski definition) is 2. The summed E-state index contributed by atoms with van der Waals surface area (Å²) in [6.07, 6.45) is 12.2. The van der Waals surface area contributed by atoms with E-state index in [1.807, 2.05) is 13.1 Å². The van der Waals surface area contributed by atoms with Gasteiger partial charge in [0.15, 0.2) is 0 Å². The van der Waals surface area contributed by atoms with Gasteiger partial charge in [0.05, 0.1) is 19.6 Å². The second kappa shape index (κ2) is 14.2. The molecule has 0 aromatic heterocycles. The van der Waals surface area contributed by atoms with Crippen molar-refractivity contribution in [2.75, 3.05) is 19.6 Å². The maximum Gasteiger partial charge on any atom is 0.312 e. The van der Waals surface area contributed by atoms with Crippen LogP contribution >= 0.6 is 0 Å². The predicted octanol–water partition coefficient (Wildman–Crippen LogP) is 5.88. The molecule has 0 fully saturated rings. The second-order valence-electron chi connectivity index (χ2n) is 7.43. The predicted molar refractivity (Wildman–Crippen MR) is 106 cm³/mol. The van der Waals surface area contributed by atoms with Crippen molar-refractivity contribution in [2.24, 2.45) is 5.92 Å². The maximum absolute atomic E-state index is 11.6. The van der Waals surface area contributed by atoms with E-state index in [4.69, 9.17) is 0 Å². The van der Waals surface area contributed by atoms with E-state index in [1.54, 1.807) is 0 Å². The molecule has 0 aliphatic heterocycles. The number of allylic oxidation sites excluding steroid dienone is 1. The van der Waals surface area contributed by atoms with Crippen LogP contribution in [0.3, 0.4) is 0 Å². The fraction of sp³-hybridized carbons (Fsp3) is 0.857. The van der Waals surface area contributed by atoms with Gasteiger partial charge in [-0.15, -0.1) is 0 Å². The number of carboxylic acid groups (broad SMARTS) is 1. The summed E-state index contributed by atoms with van der Waals surface area (Å²) in [5, 5.41) is 20.0. The number of nitrogens with zero attached hydrogens (tertiary/aromatic N) is 1. The summed E-state index contributed by atoms with van der Waals surface area (Å²) in [7, 11) is 0. The highest BCUT2D eigenvalue weighted by atomic mass is 16.4. The smallest absolute Gasteiger partial charge is 0.312 e. The highest BCUT2D eigenvalue weighted by Crippen LogP contribution is 2.22. The number of quaternary nitrogens is 1. The molecule has 0 aromatic carbocycles. The zero-order chi connectivity index (χ0) is 19.1. The van der Waals surface area contributed by atoms with Gasteiger partial charge in [-0.1, -0.05) is 59.8 Å². The van der Waals surface area contributed by atoms with Crippen LogP contribution in [0.4, 0.5) is 0 Å². The first kappa shape index (κ1) is 24.0. The van der Waals surface area contributed by atoms with Gasteiger partial charge in [0.2, 0.25) is 0 Å². The summed E-state index contributed by atoms with van der Waals surface area (Å²) < 4.78 is 0.617. The Bertz CT molecular complexity index is 371. The molecule has 0 spiro atoms. The Morgan fingerprint density at radius 2 is 1.44 bits per heavy atom. The minimum Gasteiger partial charge on any atom is -0.507 e. The molecule has 1 atom stereocenters. The molecule has 25 heavy (non-hydrogen) atoms. The SMILES string of the molecule is CCCCCC/C(O)=C/[N+](CCCC)(CCCC)CC(CC)C(=O)O. The number of hydrogen-bond donors (Lipinski definition) is 2. The van der Waals surface area contributed by atoms with Crippen LogP contribution in [0.2, 0.25) is 0 Å². The van der Waals surface area contributed by atoms with Crippen molar-refractivity contribution in [1.82, 2.24) is 0 Å². The largest absolute Gasteiger partial charge is 0.507 e. The Labute approximate surface area is 155 Å². The van der Waals surface area contributed by atoms with E-state index < -0.39 is 5.97 Å². The molecule has 0 saturated carbocycles. The van der Waals surface area contributed by atoms with Gasteiger partial charge < -0.3 is 10.2 Å². The van der Waals surface area contributed by atoms with Crippen molar-refractivity contribution < 1.29 is 19.5 Å². The number of carbonyl (C=O) groups is 1. The molecule has 0 bridgehead atoms. The number of aliphatic hydroxyl groups excluding tert-OH is 1. The molecule has 0 aromatic rings. The quantitative estimate of drug-likeness (QED) is 0.206. The molecule has 2 N–H and O–H groups in total. The number of aliphatic hydroxyl groups is 1. The van der Waals surface area contributed by atoms with Crippen molar-refractivity contribution >= 4 is 5.97 Å². The van der Waals surface area contributed by atoms with Crippen molar-refractivity contribution in [3.8, 4) is 0 Å². The monoisotopic (exact) mass is 356 g/mol. The summed E-state index contributed by atoms with van der Waals surface area (Å²) >= 11 is 0. The third-order valence-electron chi connectivity index (χ3n) is 5.05. The third-order valence-corrected chi connectivity index (χ3v) is 5.05. The van der Waals surface area contributed by atoms with Crippen LogP contribution in [0, 0.1) is 5.92 Å². The Balaban J connectivity index is 5.29. The first-order valence-electron chi connectivity index (χ1n) is 10.4. The molecule has 148 valence electrons. The Hall–Kier alpha value is -1.03. The minimum absolute atomic E-state index is 0.349. The Morgan fingerprint density at radius 1 is 0.880 bits per heavy atom. The topological polar surface area (TPSA) is 57.5 Å². The zero-order valence-corrected chi connectivity index (χ0v) is 17.1. The van der Waals surface area contributed by atoms with E-state index in [2.05, 4.69) is 20.8 Å². The fourth-order valence-electron chi connectivity index (χ4n) is 3.36. The van der Waals surface area contributed by atoms with E-state index in [9.17, 15) is 15.0 Å². The molecule has 0 amide bonds. The summed E-state index contributed by atoms with van der Waals surface area (Å²) in [5.41, 5.74) is 0. The first-order chi connectivity index (χ1) is 11.9. The van der Waals surface area contributed by atoms with Crippen LogP contribution < -0.4 is 0 Å². The van der Waals surface area contributed by atoms with E-state index in [0.717, 1.165) is 51.6 Å². The molecule has 1 unspecified atom stereocenters. The number of rotatable bonds is 16. The second-order valence-corrected chi connectivity index (χ2v) is 7.43. The number of aliphatic carboxylic acids is 1. The average Bonchev–Trinajstić information content (AvgIpc) is 2.59. The van der Waals surface area contributed by atoms with E-state index in [-0.39, 0.29) is 5.92 Å². The van der Waals surface area contributed by atoms with Crippen LogP contribution in [0.5, 0.6) is 0 Å². The average molecular weight is 357 g/mol. The van der Waals surface area contributed by atoms with Gasteiger partial charge in [0.25, 0.3) is 0 Å². The fourth-order valence-corrected chi connectivity index (χ4v) is 3.36. The van der Waals surface area contributed by atoms with Crippen LogP contribution in [-0.4, -0.2) is 40.3 Å². The Morgan fingerprint density at radius 3 is 1.88 bits per heavy atom. The molecule has 0 aliphatic rings. The highest BCUT2D eigenvalue weighted by molar-refractivity contribution is 5.69. The van der Waals surface area contributed by atoms with Gasteiger partial charge in [0.1, 0.15) is 17.9 Å². The van der Waals surface area contributed by atoms with Crippen LogP contribution in [0.15, 0.2) is 12.0 Å². The maximum atomic E-state index is 11.6. The highest BCUT2D eigenvalue weighted by Gasteiger charge is 2.32. The lowest BCUT2D eigenvalue weighted by molar-refractivity contribution is -0.883. The van der Waals surface area contributed by atoms with Crippen molar-refractivity contribution in [1.29, 1.82) is 0 Å². The first-order valence-corrected chi connectivity index (χ1v) is 10.4. The molecule has 4 heteroatoms. The summed E-state index contributed by atoms with van der Waals surface area (Å²) in [4.78, 5) is 11.6.